The molecule has 0 aliphatic carbocycles. The van der Waals surface area contributed by atoms with Crippen molar-refractivity contribution in [2.45, 2.75) is 27.1 Å². The van der Waals surface area contributed by atoms with E-state index in [0.29, 0.717) is 28.0 Å². The van der Waals surface area contributed by atoms with Crippen LogP contribution in [0, 0.1) is 13.8 Å². The van der Waals surface area contributed by atoms with Crippen molar-refractivity contribution >= 4 is 34.8 Å². The van der Waals surface area contributed by atoms with Gasteiger partial charge in [-0.25, -0.2) is 4.68 Å². The zero-order valence-electron chi connectivity index (χ0n) is 17.5. The number of ether oxygens (including phenoxy) is 1. The number of para-hydroxylation sites is 1. The van der Waals surface area contributed by atoms with Crippen LogP contribution in [0.2, 0.25) is 10.0 Å². The number of anilines is 1. The molecule has 2 aromatic heterocycles. The minimum absolute atomic E-state index is 0.133. The molecular formula is C23H21Cl2N5O2. The smallest absolute Gasteiger partial charge is 0.276 e. The van der Waals surface area contributed by atoms with E-state index in [9.17, 15) is 4.79 Å². The number of hydrogen-bond acceptors (Lipinski definition) is 4. The minimum atomic E-state index is -0.321. The number of amides is 1. The SMILES string of the molecule is Cc1nn(Cc2ccc(Cl)cc2)c(C)c1NC(=O)c1ccn(COc2ccccc2Cl)n1. The summed E-state index contributed by atoms with van der Waals surface area (Å²) in [7, 11) is 0. The molecule has 1 amide bonds. The summed E-state index contributed by atoms with van der Waals surface area (Å²) >= 11 is 12.1. The van der Waals surface area contributed by atoms with Crippen LogP contribution in [0.4, 0.5) is 5.69 Å². The molecule has 0 aliphatic rings. The van der Waals surface area contributed by atoms with Gasteiger partial charge >= 0.3 is 0 Å². The van der Waals surface area contributed by atoms with Gasteiger partial charge in [-0.1, -0.05) is 47.5 Å². The van der Waals surface area contributed by atoms with E-state index in [-0.39, 0.29) is 18.3 Å². The summed E-state index contributed by atoms with van der Waals surface area (Å²) in [6.45, 7) is 4.49. The second-order valence-electron chi connectivity index (χ2n) is 7.23. The van der Waals surface area contributed by atoms with E-state index in [1.54, 1.807) is 24.4 Å². The Kier molecular flexibility index (Phi) is 6.48. The Morgan fingerprint density at radius 2 is 1.78 bits per heavy atom. The van der Waals surface area contributed by atoms with Crippen LogP contribution in [0.25, 0.3) is 0 Å². The lowest BCUT2D eigenvalue weighted by Gasteiger charge is -2.08. The van der Waals surface area contributed by atoms with Crippen LogP contribution in [0.3, 0.4) is 0 Å². The van der Waals surface area contributed by atoms with Gasteiger partial charge in [0.25, 0.3) is 5.91 Å². The number of benzene rings is 2. The molecule has 9 heteroatoms. The Bertz CT molecular complexity index is 1250. The van der Waals surface area contributed by atoms with E-state index in [1.807, 2.05) is 54.9 Å². The van der Waals surface area contributed by atoms with E-state index in [4.69, 9.17) is 27.9 Å². The highest BCUT2D eigenvalue weighted by Crippen LogP contribution is 2.24. The molecule has 0 fully saturated rings. The summed E-state index contributed by atoms with van der Waals surface area (Å²) in [6, 6.07) is 16.4. The van der Waals surface area contributed by atoms with Crippen LogP contribution in [-0.2, 0) is 13.3 Å². The van der Waals surface area contributed by atoms with Crippen molar-refractivity contribution in [1.82, 2.24) is 19.6 Å². The Balaban J connectivity index is 1.42. The van der Waals surface area contributed by atoms with Crippen LogP contribution >= 0.6 is 23.2 Å². The van der Waals surface area contributed by atoms with Crippen LogP contribution in [-0.4, -0.2) is 25.5 Å². The number of aromatic nitrogens is 4. The van der Waals surface area contributed by atoms with Crippen molar-refractivity contribution < 1.29 is 9.53 Å². The van der Waals surface area contributed by atoms with Crippen molar-refractivity contribution in [3.8, 4) is 5.75 Å². The summed E-state index contributed by atoms with van der Waals surface area (Å²) in [4.78, 5) is 12.8. The first kappa shape index (κ1) is 21.9. The highest BCUT2D eigenvalue weighted by molar-refractivity contribution is 6.32. The molecule has 0 aliphatic heterocycles. The lowest BCUT2D eigenvalue weighted by molar-refractivity contribution is 0.102. The van der Waals surface area contributed by atoms with E-state index in [2.05, 4.69) is 15.5 Å². The molecule has 0 saturated carbocycles. The zero-order valence-corrected chi connectivity index (χ0v) is 19.1. The molecule has 7 nitrogen and oxygen atoms in total. The molecule has 2 heterocycles. The van der Waals surface area contributed by atoms with Gasteiger partial charge < -0.3 is 10.1 Å². The number of rotatable bonds is 7. The molecule has 0 saturated heterocycles. The summed E-state index contributed by atoms with van der Waals surface area (Å²) in [5.41, 5.74) is 3.59. The fraction of sp³-hybridized carbons (Fsp3) is 0.174. The molecule has 0 radical (unpaired) electrons. The van der Waals surface area contributed by atoms with Crippen LogP contribution < -0.4 is 10.1 Å². The quantitative estimate of drug-likeness (QED) is 0.396. The second-order valence-corrected chi connectivity index (χ2v) is 8.07. The van der Waals surface area contributed by atoms with Gasteiger partial charge in [-0.2, -0.15) is 10.2 Å². The van der Waals surface area contributed by atoms with E-state index in [1.165, 1.54) is 4.68 Å². The number of carbonyl (C=O) groups is 1. The van der Waals surface area contributed by atoms with E-state index < -0.39 is 0 Å². The summed E-state index contributed by atoms with van der Waals surface area (Å²) in [5, 5.41) is 13.0. The predicted molar refractivity (Wildman–Crippen MR) is 125 cm³/mol. The fourth-order valence-corrected chi connectivity index (χ4v) is 3.54. The summed E-state index contributed by atoms with van der Waals surface area (Å²) in [5.74, 6) is 0.230. The Morgan fingerprint density at radius 1 is 1.03 bits per heavy atom. The maximum atomic E-state index is 12.8. The first-order valence-corrected chi connectivity index (χ1v) is 10.7. The third kappa shape index (κ3) is 4.95. The zero-order chi connectivity index (χ0) is 22.7. The van der Waals surface area contributed by atoms with Crippen molar-refractivity contribution in [2.24, 2.45) is 0 Å². The second kappa shape index (κ2) is 9.46. The maximum Gasteiger partial charge on any atom is 0.276 e. The molecular weight excluding hydrogens is 449 g/mol. The van der Waals surface area contributed by atoms with Gasteiger partial charge in [-0.15, -0.1) is 0 Å². The summed E-state index contributed by atoms with van der Waals surface area (Å²) < 4.78 is 9.04. The largest absolute Gasteiger partial charge is 0.470 e. The highest BCUT2D eigenvalue weighted by atomic mass is 35.5. The van der Waals surface area contributed by atoms with Crippen molar-refractivity contribution in [1.29, 1.82) is 0 Å². The van der Waals surface area contributed by atoms with Gasteiger partial charge in [-0.3, -0.25) is 9.48 Å². The maximum absolute atomic E-state index is 12.8. The Morgan fingerprint density at radius 3 is 2.53 bits per heavy atom. The van der Waals surface area contributed by atoms with E-state index >= 15 is 0 Å². The van der Waals surface area contributed by atoms with Crippen molar-refractivity contribution in [3.05, 3.63) is 93.5 Å². The molecule has 4 rings (SSSR count). The molecule has 0 spiro atoms. The average Bonchev–Trinajstić information content (AvgIpc) is 3.35. The van der Waals surface area contributed by atoms with Gasteiger partial charge in [0.2, 0.25) is 0 Å². The molecule has 4 aromatic rings. The minimum Gasteiger partial charge on any atom is -0.470 e. The lowest BCUT2D eigenvalue weighted by Crippen LogP contribution is -2.15. The monoisotopic (exact) mass is 469 g/mol. The topological polar surface area (TPSA) is 74.0 Å². The number of aryl methyl sites for hydroxylation is 1. The van der Waals surface area contributed by atoms with Crippen molar-refractivity contribution in [2.75, 3.05) is 5.32 Å². The Labute approximate surface area is 195 Å². The number of carbonyl (C=O) groups excluding carboxylic acids is 1. The lowest BCUT2D eigenvalue weighted by atomic mass is 10.2. The number of hydrogen-bond donors (Lipinski definition) is 1. The van der Waals surface area contributed by atoms with Crippen LogP contribution in [0.5, 0.6) is 5.75 Å². The molecule has 0 atom stereocenters. The van der Waals surface area contributed by atoms with Gasteiger partial charge in [0, 0.05) is 11.2 Å². The molecule has 0 bridgehead atoms. The van der Waals surface area contributed by atoms with Gasteiger partial charge in [0.05, 0.1) is 28.6 Å². The first-order chi connectivity index (χ1) is 15.4. The third-order valence-corrected chi connectivity index (χ3v) is 5.49. The summed E-state index contributed by atoms with van der Waals surface area (Å²) in [6.07, 6.45) is 1.68. The van der Waals surface area contributed by atoms with Gasteiger partial charge in [-0.05, 0) is 49.7 Å². The van der Waals surface area contributed by atoms with Gasteiger partial charge in [0.1, 0.15) is 5.75 Å². The standard InChI is InChI=1S/C23H21Cl2N5O2/c1-15-22(16(2)30(27-15)13-17-7-9-18(24)10-8-17)26-23(31)20-11-12-29(28-20)14-32-21-6-4-3-5-19(21)25/h3-12H,13-14H2,1-2H3,(H,26,31). The number of nitrogens with zero attached hydrogens (tertiary/aromatic N) is 4. The van der Waals surface area contributed by atoms with Crippen LogP contribution in [0.1, 0.15) is 27.4 Å². The van der Waals surface area contributed by atoms with E-state index in [0.717, 1.165) is 17.0 Å². The fourth-order valence-electron chi connectivity index (χ4n) is 3.22. The Hall–Kier alpha value is -3.29. The number of halogens is 2. The normalized spacial score (nSPS) is 10.9. The third-order valence-electron chi connectivity index (χ3n) is 4.93. The molecule has 1 N–H and O–H groups in total. The first-order valence-electron chi connectivity index (χ1n) is 9.91. The van der Waals surface area contributed by atoms with Gasteiger partial charge in [0.15, 0.2) is 12.4 Å². The number of nitrogens with one attached hydrogen (secondary N) is 1. The predicted octanol–water partition coefficient (Wildman–Crippen LogP) is 5.34. The molecule has 0 unspecified atom stereocenters. The average molecular weight is 470 g/mol. The molecule has 32 heavy (non-hydrogen) atoms. The van der Waals surface area contributed by atoms with Crippen molar-refractivity contribution in [3.63, 3.8) is 0 Å². The molecule has 2 aromatic carbocycles. The van der Waals surface area contributed by atoms with Crippen LogP contribution in [0.15, 0.2) is 60.8 Å². The highest BCUT2D eigenvalue weighted by Gasteiger charge is 2.17. The molecule has 164 valence electrons.